The number of hydrogen-bond acceptors (Lipinski definition) is 11. The summed E-state index contributed by atoms with van der Waals surface area (Å²) in [5.41, 5.74) is 2.08. The minimum absolute atomic E-state index is 0.0838. The number of rotatable bonds is 8. The van der Waals surface area contributed by atoms with Crippen LogP contribution in [0.1, 0.15) is 50.1 Å². The normalized spacial score (nSPS) is 26.2. The summed E-state index contributed by atoms with van der Waals surface area (Å²) in [5, 5.41) is 4.91. The molecule has 2 aromatic heterocycles. The summed E-state index contributed by atoms with van der Waals surface area (Å²) < 4.78 is 45.6. The fourth-order valence-corrected chi connectivity index (χ4v) is 10.1. The van der Waals surface area contributed by atoms with E-state index in [-0.39, 0.29) is 29.6 Å². The second-order valence-electron chi connectivity index (χ2n) is 13.4. The van der Waals surface area contributed by atoms with Crippen LogP contribution in [0.3, 0.4) is 0 Å². The maximum absolute atomic E-state index is 14.6. The Balaban J connectivity index is 1.18. The van der Waals surface area contributed by atoms with E-state index in [1.54, 1.807) is 12.3 Å². The highest BCUT2D eigenvalue weighted by Crippen LogP contribution is 2.40. The zero-order chi connectivity index (χ0) is 34.1. The van der Waals surface area contributed by atoms with Crippen LogP contribution in [0, 0.1) is 0 Å². The number of amides is 1. The number of nitrogens with zero attached hydrogens (tertiary/aromatic N) is 7. The highest BCUT2D eigenvalue weighted by atomic mass is 32.2. The largest absolute Gasteiger partial charge is 0.378 e. The first kappa shape index (κ1) is 33.6. The second-order valence-corrected chi connectivity index (χ2v) is 15.7. The number of methoxy groups -OCH3 is 1. The molecule has 4 aliphatic rings. The Hall–Kier alpha value is -3.88. The predicted molar refractivity (Wildman–Crippen MR) is 189 cm³/mol. The van der Waals surface area contributed by atoms with Crippen LogP contribution in [0.4, 0.5) is 27.7 Å². The maximum atomic E-state index is 14.6. The summed E-state index contributed by atoms with van der Waals surface area (Å²) in [7, 11) is -1.56. The molecule has 49 heavy (non-hydrogen) atoms. The van der Waals surface area contributed by atoms with Crippen molar-refractivity contribution in [2.75, 3.05) is 73.8 Å². The molecule has 1 amide bonds. The van der Waals surface area contributed by atoms with E-state index in [2.05, 4.69) is 43.8 Å². The monoisotopic (exact) mass is 692 g/mol. The molecule has 6 heterocycles. The van der Waals surface area contributed by atoms with Gasteiger partial charge in [0.1, 0.15) is 23.2 Å². The number of likely N-dealkylation sites (tertiary alicyclic amines) is 1. The van der Waals surface area contributed by atoms with E-state index in [9.17, 15) is 17.6 Å². The van der Waals surface area contributed by atoms with Crippen LogP contribution in [0.2, 0.25) is 0 Å². The molecule has 1 aromatic carbocycles. The highest BCUT2D eigenvalue weighted by Gasteiger charge is 2.36. The third kappa shape index (κ3) is 6.82. The van der Waals surface area contributed by atoms with Crippen molar-refractivity contribution >= 4 is 49.8 Å². The summed E-state index contributed by atoms with van der Waals surface area (Å²) in [6.45, 7) is 7.91. The number of fused-ring (bicyclic) bond motifs is 1. The van der Waals surface area contributed by atoms with Crippen LogP contribution >= 0.6 is 0 Å². The number of alkyl halides is 1. The third-order valence-corrected chi connectivity index (χ3v) is 12.8. The van der Waals surface area contributed by atoms with Crippen LogP contribution in [0.25, 0.3) is 10.8 Å². The molecule has 0 saturated carbocycles. The summed E-state index contributed by atoms with van der Waals surface area (Å²) in [6.07, 6.45) is 8.07. The molecule has 0 radical (unpaired) electrons. The van der Waals surface area contributed by atoms with E-state index in [4.69, 9.17) is 9.72 Å². The SMILES string of the molecule is C=CC(=O)N1CCC[C@@H]1c1ccc(N2CCN([C@H]3CCCCS3(=O)=O)CC2)c2cnc(Nc3ccnc(N4CC[C@@H](OC)[C@@H](F)C4)n3)cc12. The Bertz CT molecular complexity index is 1800. The Labute approximate surface area is 287 Å². The van der Waals surface area contributed by atoms with Gasteiger partial charge in [-0.05, 0) is 73.7 Å². The van der Waals surface area contributed by atoms with Gasteiger partial charge >= 0.3 is 0 Å². The molecule has 4 atom stereocenters. The number of anilines is 4. The first-order valence-corrected chi connectivity index (χ1v) is 19.1. The molecule has 0 aliphatic carbocycles. The Kier molecular flexibility index (Phi) is 9.71. The van der Waals surface area contributed by atoms with E-state index in [0.29, 0.717) is 69.7 Å². The van der Waals surface area contributed by atoms with Crippen LogP contribution < -0.4 is 15.1 Å². The van der Waals surface area contributed by atoms with Crippen molar-refractivity contribution in [2.45, 2.75) is 62.2 Å². The molecule has 262 valence electrons. The summed E-state index contributed by atoms with van der Waals surface area (Å²) in [5.74, 6) is 1.76. The molecule has 14 heteroatoms. The molecule has 0 spiro atoms. The third-order valence-electron chi connectivity index (χ3n) is 10.6. The van der Waals surface area contributed by atoms with Gasteiger partial charge in [-0.2, -0.15) is 4.98 Å². The molecule has 7 rings (SSSR count). The fraction of sp³-hybridized carbons (Fsp3) is 0.543. The van der Waals surface area contributed by atoms with Gasteiger partial charge in [0.25, 0.3) is 0 Å². The van der Waals surface area contributed by atoms with Crippen molar-refractivity contribution in [3.8, 4) is 0 Å². The molecular weight excluding hydrogens is 648 g/mol. The molecular formula is C35H45FN8O4S. The number of hydrogen-bond donors (Lipinski definition) is 1. The topological polar surface area (TPSA) is 124 Å². The minimum Gasteiger partial charge on any atom is -0.378 e. The number of ether oxygens (including phenoxy) is 1. The van der Waals surface area contributed by atoms with Gasteiger partial charge in [0, 0.05) is 69.8 Å². The number of piperidine rings is 1. The van der Waals surface area contributed by atoms with Crippen molar-refractivity contribution < 1.29 is 22.3 Å². The van der Waals surface area contributed by atoms with Crippen molar-refractivity contribution in [1.29, 1.82) is 0 Å². The molecule has 0 unspecified atom stereocenters. The summed E-state index contributed by atoms with van der Waals surface area (Å²) in [6, 6.07) is 7.92. The predicted octanol–water partition coefficient (Wildman–Crippen LogP) is 4.23. The average Bonchev–Trinajstić information content (AvgIpc) is 3.61. The Morgan fingerprint density at radius 1 is 0.980 bits per heavy atom. The molecule has 12 nitrogen and oxygen atoms in total. The van der Waals surface area contributed by atoms with Gasteiger partial charge in [-0.1, -0.05) is 12.6 Å². The quantitative estimate of drug-likeness (QED) is 0.341. The number of benzene rings is 1. The number of pyridine rings is 1. The number of aromatic nitrogens is 3. The molecule has 0 bridgehead atoms. The molecule has 1 N–H and O–H groups in total. The smallest absolute Gasteiger partial charge is 0.246 e. The lowest BCUT2D eigenvalue weighted by atomic mass is 9.96. The molecule has 4 aliphatic heterocycles. The van der Waals surface area contributed by atoms with Gasteiger partial charge in [-0.3, -0.25) is 9.69 Å². The number of carbonyl (C=O) groups excluding carboxylic acids is 1. The zero-order valence-electron chi connectivity index (χ0n) is 28.0. The van der Waals surface area contributed by atoms with Gasteiger partial charge < -0.3 is 24.8 Å². The number of halogens is 1. The van der Waals surface area contributed by atoms with E-state index >= 15 is 0 Å². The van der Waals surface area contributed by atoms with E-state index < -0.39 is 22.1 Å². The van der Waals surface area contributed by atoms with E-state index in [0.717, 1.165) is 47.7 Å². The van der Waals surface area contributed by atoms with Crippen molar-refractivity contribution in [1.82, 2.24) is 24.8 Å². The van der Waals surface area contributed by atoms with Crippen LogP contribution in [-0.4, -0.2) is 115 Å². The Morgan fingerprint density at radius 3 is 2.57 bits per heavy atom. The van der Waals surface area contributed by atoms with Crippen LogP contribution in [0.5, 0.6) is 0 Å². The van der Waals surface area contributed by atoms with Gasteiger partial charge in [-0.15, -0.1) is 0 Å². The number of nitrogens with one attached hydrogen (secondary N) is 1. The molecule has 4 fully saturated rings. The Morgan fingerprint density at radius 2 is 1.82 bits per heavy atom. The van der Waals surface area contributed by atoms with Gasteiger partial charge in [0.05, 0.1) is 24.4 Å². The average molecular weight is 693 g/mol. The standard InChI is InChI=1S/C35H45FN8O4S/c1-3-33(45)44-14-6-7-29(44)24-9-10-28(41-16-18-42(19-17-41)34-8-4-5-20-49(34,46)47)26-22-38-32(21-25(24)26)39-31-11-13-37-35(40-31)43-15-12-30(48-2)27(36)23-43/h3,9-11,13,21-22,27,29-30,34H,1,4-8,12,14-20,23H2,2H3,(H,37,38,39,40)/t27-,29+,30+,34+/m0/s1. The van der Waals surface area contributed by atoms with Crippen LogP contribution in [-0.2, 0) is 19.4 Å². The highest BCUT2D eigenvalue weighted by molar-refractivity contribution is 7.92. The van der Waals surface area contributed by atoms with Crippen molar-refractivity contribution in [2.24, 2.45) is 0 Å². The second kappa shape index (κ2) is 14.2. The maximum Gasteiger partial charge on any atom is 0.246 e. The lowest BCUT2D eigenvalue weighted by molar-refractivity contribution is -0.126. The number of sulfone groups is 1. The van der Waals surface area contributed by atoms with Gasteiger partial charge in [0.2, 0.25) is 11.9 Å². The van der Waals surface area contributed by atoms with Gasteiger partial charge in [-0.25, -0.2) is 22.8 Å². The first-order chi connectivity index (χ1) is 23.8. The van der Waals surface area contributed by atoms with E-state index in [1.807, 2.05) is 22.1 Å². The summed E-state index contributed by atoms with van der Waals surface area (Å²) >= 11 is 0. The lowest BCUT2D eigenvalue weighted by Gasteiger charge is -2.41. The first-order valence-electron chi connectivity index (χ1n) is 17.3. The molecule has 4 saturated heterocycles. The minimum atomic E-state index is -3.10. The van der Waals surface area contributed by atoms with Crippen LogP contribution in [0.15, 0.2) is 49.3 Å². The summed E-state index contributed by atoms with van der Waals surface area (Å²) in [4.78, 5) is 34.9. The van der Waals surface area contributed by atoms with E-state index in [1.165, 1.54) is 13.2 Å². The fourth-order valence-electron chi connectivity index (χ4n) is 7.98. The van der Waals surface area contributed by atoms with Crippen molar-refractivity contribution in [3.05, 3.63) is 54.9 Å². The lowest BCUT2D eigenvalue weighted by Crippen LogP contribution is -2.53. The number of piperazine rings is 1. The van der Waals surface area contributed by atoms with Crippen molar-refractivity contribution in [3.63, 3.8) is 0 Å². The number of carbonyl (C=O) groups is 1. The zero-order valence-corrected chi connectivity index (χ0v) is 28.8. The molecule has 3 aromatic rings. The van der Waals surface area contributed by atoms with Gasteiger partial charge in [0.15, 0.2) is 9.84 Å².